The Labute approximate surface area is 188 Å². The van der Waals surface area contributed by atoms with Crippen LogP contribution in [0.2, 0.25) is 0 Å². The summed E-state index contributed by atoms with van der Waals surface area (Å²) in [5, 5.41) is 8.62. The van der Waals surface area contributed by atoms with Crippen LogP contribution in [-0.4, -0.2) is 27.3 Å². The van der Waals surface area contributed by atoms with Crippen LogP contribution in [-0.2, 0) is 11.2 Å². The average molecular weight is 429 g/mol. The quantitative estimate of drug-likeness (QED) is 0.456. The van der Waals surface area contributed by atoms with E-state index >= 15 is 0 Å². The minimum atomic E-state index is -0.224. The lowest BCUT2D eigenvalue weighted by Gasteiger charge is -2.11. The van der Waals surface area contributed by atoms with Crippen molar-refractivity contribution >= 4 is 22.6 Å². The first-order valence-electron chi connectivity index (χ1n) is 10.8. The molecule has 0 bridgehead atoms. The van der Waals surface area contributed by atoms with Gasteiger partial charge in [0.25, 0.3) is 5.91 Å². The van der Waals surface area contributed by atoms with Crippen molar-refractivity contribution in [1.82, 2.24) is 14.8 Å². The molecule has 6 nitrogen and oxygen atoms in total. The second kappa shape index (κ2) is 8.83. The number of amides is 1. The molecule has 0 fully saturated rings. The lowest BCUT2D eigenvalue weighted by atomic mass is 10.1. The maximum Gasteiger partial charge on any atom is 0.262 e. The zero-order valence-corrected chi connectivity index (χ0v) is 19.2. The van der Waals surface area contributed by atoms with Crippen molar-refractivity contribution < 1.29 is 9.53 Å². The summed E-state index contributed by atoms with van der Waals surface area (Å²) in [6, 6.07) is 16.0. The molecule has 4 aromatic rings. The Morgan fingerprint density at radius 1 is 1.03 bits per heavy atom. The van der Waals surface area contributed by atoms with Crippen molar-refractivity contribution in [2.24, 2.45) is 0 Å². The summed E-state index contributed by atoms with van der Waals surface area (Å²) in [5.41, 5.74) is 7.81. The first-order chi connectivity index (χ1) is 15.4. The SMILES string of the molecule is CCc1ccc(-n2nc(C)c3c(C)cc(OCC(=O)Nc4cccc(C)c4C)nc32)cc1. The molecule has 2 heterocycles. The highest BCUT2D eigenvalue weighted by Crippen LogP contribution is 2.27. The summed E-state index contributed by atoms with van der Waals surface area (Å²) in [6.45, 7) is 10.0. The zero-order chi connectivity index (χ0) is 22.8. The molecule has 32 heavy (non-hydrogen) atoms. The monoisotopic (exact) mass is 428 g/mol. The predicted molar refractivity (Wildman–Crippen MR) is 128 cm³/mol. The molecule has 0 saturated heterocycles. The number of aromatic nitrogens is 3. The van der Waals surface area contributed by atoms with Crippen molar-refractivity contribution in [1.29, 1.82) is 0 Å². The van der Waals surface area contributed by atoms with E-state index < -0.39 is 0 Å². The zero-order valence-electron chi connectivity index (χ0n) is 19.2. The van der Waals surface area contributed by atoms with Crippen molar-refractivity contribution in [2.75, 3.05) is 11.9 Å². The summed E-state index contributed by atoms with van der Waals surface area (Å²) >= 11 is 0. The van der Waals surface area contributed by atoms with Gasteiger partial charge in [-0.05, 0) is 74.6 Å². The number of pyridine rings is 1. The van der Waals surface area contributed by atoms with Crippen LogP contribution in [0, 0.1) is 27.7 Å². The lowest BCUT2D eigenvalue weighted by Crippen LogP contribution is -2.21. The molecule has 2 aromatic heterocycles. The van der Waals surface area contributed by atoms with Crippen LogP contribution in [0.15, 0.2) is 48.5 Å². The molecule has 0 atom stereocenters. The number of carbonyl (C=O) groups is 1. The van der Waals surface area contributed by atoms with E-state index in [-0.39, 0.29) is 12.5 Å². The minimum Gasteiger partial charge on any atom is -0.467 e. The average Bonchev–Trinajstić information content (AvgIpc) is 3.12. The van der Waals surface area contributed by atoms with Gasteiger partial charge >= 0.3 is 0 Å². The summed E-state index contributed by atoms with van der Waals surface area (Å²) in [4.78, 5) is 17.2. The number of benzene rings is 2. The molecule has 1 N–H and O–H groups in total. The van der Waals surface area contributed by atoms with E-state index in [2.05, 4.69) is 29.4 Å². The fourth-order valence-electron chi connectivity index (χ4n) is 3.81. The van der Waals surface area contributed by atoms with E-state index in [1.165, 1.54) is 5.56 Å². The standard InChI is InChI=1S/C26H28N4O2/c1-6-20-10-12-21(13-11-20)30-26-25(19(5)29-30)17(3)14-24(28-26)32-15-23(31)27-22-9-7-8-16(2)18(22)4/h7-14H,6,15H2,1-5H3,(H,27,31). The highest BCUT2D eigenvalue weighted by molar-refractivity contribution is 5.92. The molecule has 0 spiro atoms. The lowest BCUT2D eigenvalue weighted by molar-refractivity contribution is -0.118. The van der Waals surface area contributed by atoms with Gasteiger partial charge in [0.15, 0.2) is 12.3 Å². The number of rotatable bonds is 6. The van der Waals surface area contributed by atoms with Gasteiger partial charge in [0.2, 0.25) is 5.88 Å². The van der Waals surface area contributed by atoms with E-state index in [0.717, 1.165) is 51.2 Å². The predicted octanol–water partition coefficient (Wildman–Crippen LogP) is 5.23. The molecule has 0 radical (unpaired) electrons. The van der Waals surface area contributed by atoms with Crippen molar-refractivity contribution in [3.05, 3.63) is 76.5 Å². The number of hydrogen-bond acceptors (Lipinski definition) is 4. The number of aryl methyl sites for hydroxylation is 4. The molecular weight excluding hydrogens is 400 g/mol. The van der Waals surface area contributed by atoms with Gasteiger partial charge < -0.3 is 10.1 Å². The summed E-state index contributed by atoms with van der Waals surface area (Å²) in [5.74, 6) is 0.176. The van der Waals surface area contributed by atoms with Crippen LogP contribution >= 0.6 is 0 Å². The van der Waals surface area contributed by atoms with E-state index in [1.807, 2.05) is 68.8 Å². The van der Waals surface area contributed by atoms with Crippen molar-refractivity contribution in [2.45, 2.75) is 41.0 Å². The van der Waals surface area contributed by atoms with Gasteiger partial charge in [-0.3, -0.25) is 4.79 Å². The van der Waals surface area contributed by atoms with Crippen LogP contribution in [0.25, 0.3) is 16.7 Å². The molecular formula is C26H28N4O2. The number of nitrogens with one attached hydrogen (secondary N) is 1. The number of ether oxygens (including phenoxy) is 1. The summed E-state index contributed by atoms with van der Waals surface area (Å²) in [7, 11) is 0. The summed E-state index contributed by atoms with van der Waals surface area (Å²) in [6.07, 6.45) is 0.985. The molecule has 0 aliphatic heterocycles. The molecule has 6 heteroatoms. The largest absolute Gasteiger partial charge is 0.467 e. The Bertz CT molecular complexity index is 1290. The van der Waals surface area contributed by atoms with Crippen LogP contribution in [0.5, 0.6) is 5.88 Å². The molecule has 0 unspecified atom stereocenters. The maximum absolute atomic E-state index is 12.5. The number of hydrogen-bond donors (Lipinski definition) is 1. The van der Waals surface area contributed by atoms with Gasteiger partial charge in [-0.1, -0.05) is 31.2 Å². The molecule has 1 amide bonds. The van der Waals surface area contributed by atoms with Gasteiger partial charge in [-0.2, -0.15) is 10.1 Å². The number of anilines is 1. The molecule has 0 saturated carbocycles. The second-order valence-corrected chi connectivity index (χ2v) is 8.08. The van der Waals surface area contributed by atoms with Crippen LogP contribution in [0.3, 0.4) is 0 Å². The third-order valence-corrected chi connectivity index (χ3v) is 5.81. The smallest absolute Gasteiger partial charge is 0.262 e. The first kappa shape index (κ1) is 21.6. The number of carbonyl (C=O) groups excluding carboxylic acids is 1. The highest BCUT2D eigenvalue weighted by atomic mass is 16.5. The Morgan fingerprint density at radius 3 is 2.50 bits per heavy atom. The van der Waals surface area contributed by atoms with Gasteiger partial charge in [-0.15, -0.1) is 0 Å². The second-order valence-electron chi connectivity index (χ2n) is 8.08. The molecule has 0 aliphatic rings. The maximum atomic E-state index is 12.5. The number of nitrogens with zero attached hydrogens (tertiary/aromatic N) is 3. The summed E-state index contributed by atoms with van der Waals surface area (Å²) < 4.78 is 7.60. The molecule has 0 aliphatic carbocycles. The Hall–Kier alpha value is -3.67. The van der Waals surface area contributed by atoms with Crippen LogP contribution in [0.1, 0.15) is 34.9 Å². The van der Waals surface area contributed by atoms with Crippen molar-refractivity contribution in [3.8, 4) is 11.6 Å². The Kier molecular flexibility index (Phi) is 5.95. The topological polar surface area (TPSA) is 69.0 Å². The van der Waals surface area contributed by atoms with E-state index in [1.54, 1.807) is 0 Å². The van der Waals surface area contributed by atoms with E-state index in [0.29, 0.717) is 5.88 Å². The van der Waals surface area contributed by atoms with Crippen LogP contribution in [0.4, 0.5) is 5.69 Å². The van der Waals surface area contributed by atoms with E-state index in [4.69, 9.17) is 9.84 Å². The highest BCUT2D eigenvalue weighted by Gasteiger charge is 2.16. The first-order valence-corrected chi connectivity index (χ1v) is 10.8. The third kappa shape index (κ3) is 4.21. The molecule has 164 valence electrons. The fourth-order valence-corrected chi connectivity index (χ4v) is 3.81. The van der Waals surface area contributed by atoms with Gasteiger partial charge in [0.1, 0.15) is 0 Å². The van der Waals surface area contributed by atoms with Gasteiger partial charge in [0.05, 0.1) is 11.4 Å². The van der Waals surface area contributed by atoms with Crippen LogP contribution < -0.4 is 10.1 Å². The third-order valence-electron chi connectivity index (χ3n) is 5.81. The van der Waals surface area contributed by atoms with E-state index in [9.17, 15) is 4.79 Å². The Balaban J connectivity index is 1.58. The Morgan fingerprint density at radius 2 is 1.78 bits per heavy atom. The van der Waals surface area contributed by atoms with Gasteiger partial charge in [-0.25, -0.2) is 4.68 Å². The normalized spacial score (nSPS) is 11.0. The molecule has 2 aromatic carbocycles. The molecule has 4 rings (SSSR count). The number of fused-ring (bicyclic) bond motifs is 1. The van der Waals surface area contributed by atoms with Crippen molar-refractivity contribution in [3.63, 3.8) is 0 Å². The minimum absolute atomic E-state index is 0.121. The fraction of sp³-hybridized carbons (Fsp3) is 0.269. The van der Waals surface area contributed by atoms with Gasteiger partial charge in [0, 0.05) is 17.1 Å².